The number of carbonyl (C=O) groups is 1. The molecule has 1 saturated heterocycles. The number of morpholine rings is 1. The van der Waals surface area contributed by atoms with Gasteiger partial charge >= 0.3 is 0 Å². The van der Waals surface area contributed by atoms with Crippen molar-refractivity contribution in [1.29, 1.82) is 0 Å². The Kier molecular flexibility index (Phi) is 3.07. The number of carbonyl (C=O) groups excluding carboxylic acids is 1. The summed E-state index contributed by atoms with van der Waals surface area (Å²) in [6.07, 6.45) is 3.08. The summed E-state index contributed by atoms with van der Waals surface area (Å²) in [6.45, 7) is 2.18. The van der Waals surface area contributed by atoms with Crippen molar-refractivity contribution in [3.05, 3.63) is 12.2 Å². The molecule has 1 fully saturated rings. The van der Waals surface area contributed by atoms with Gasteiger partial charge in [0.25, 0.3) is 0 Å². The van der Waals surface area contributed by atoms with Crippen molar-refractivity contribution < 1.29 is 9.53 Å². The molecule has 0 bridgehead atoms. The van der Waals surface area contributed by atoms with Crippen molar-refractivity contribution in [2.75, 3.05) is 19.8 Å². The highest BCUT2D eigenvalue weighted by atomic mass is 16.5. The van der Waals surface area contributed by atoms with Gasteiger partial charge in [0, 0.05) is 18.7 Å². The van der Waals surface area contributed by atoms with E-state index in [4.69, 9.17) is 10.5 Å². The smallest absolute Gasteiger partial charge is 0.241 e. The first-order valence-electron chi connectivity index (χ1n) is 3.58. The zero-order valence-corrected chi connectivity index (χ0v) is 6.25. The summed E-state index contributed by atoms with van der Waals surface area (Å²) in [7, 11) is 0. The van der Waals surface area contributed by atoms with Gasteiger partial charge in [-0.25, -0.2) is 0 Å². The normalized spacial score (nSPS) is 25.6. The second-order valence-electron chi connectivity index (χ2n) is 2.40. The largest absolute Gasteiger partial charge is 0.378 e. The molecular formula is C7H12N2O2. The fraction of sp³-hybridized carbons (Fsp3) is 0.571. The van der Waals surface area contributed by atoms with E-state index in [-0.39, 0.29) is 6.04 Å². The molecule has 1 rings (SSSR count). The molecule has 1 aliphatic heterocycles. The number of primary amides is 1. The van der Waals surface area contributed by atoms with Crippen LogP contribution >= 0.6 is 0 Å². The highest BCUT2D eigenvalue weighted by Gasteiger charge is 2.08. The van der Waals surface area contributed by atoms with Gasteiger partial charge < -0.3 is 15.8 Å². The minimum atomic E-state index is -0.419. The van der Waals surface area contributed by atoms with Crippen molar-refractivity contribution in [1.82, 2.24) is 5.32 Å². The van der Waals surface area contributed by atoms with Crippen LogP contribution in [0.4, 0.5) is 0 Å². The van der Waals surface area contributed by atoms with Gasteiger partial charge in [-0.2, -0.15) is 0 Å². The topological polar surface area (TPSA) is 64.4 Å². The van der Waals surface area contributed by atoms with Crippen molar-refractivity contribution in [2.24, 2.45) is 5.73 Å². The summed E-state index contributed by atoms with van der Waals surface area (Å²) < 4.78 is 5.15. The number of hydrogen-bond acceptors (Lipinski definition) is 3. The van der Waals surface area contributed by atoms with Crippen LogP contribution in [0.2, 0.25) is 0 Å². The Balaban J connectivity index is 2.29. The quantitative estimate of drug-likeness (QED) is 0.505. The number of nitrogens with one attached hydrogen (secondary N) is 1. The second-order valence-corrected chi connectivity index (χ2v) is 2.40. The molecule has 0 radical (unpaired) electrons. The summed E-state index contributed by atoms with van der Waals surface area (Å²) in [6, 6.07) is 0.135. The average Bonchev–Trinajstić information content (AvgIpc) is 2.03. The number of amides is 1. The highest BCUT2D eigenvalue weighted by molar-refractivity contribution is 5.85. The summed E-state index contributed by atoms with van der Waals surface area (Å²) in [4.78, 5) is 10.3. The molecule has 0 aromatic rings. The van der Waals surface area contributed by atoms with E-state index in [0.29, 0.717) is 6.61 Å². The van der Waals surface area contributed by atoms with Crippen LogP contribution in [0.25, 0.3) is 0 Å². The second kappa shape index (κ2) is 4.10. The number of ether oxygens (including phenoxy) is 1. The van der Waals surface area contributed by atoms with E-state index in [0.717, 1.165) is 13.2 Å². The third-order valence-corrected chi connectivity index (χ3v) is 1.44. The summed E-state index contributed by atoms with van der Waals surface area (Å²) >= 11 is 0. The molecule has 1 unspecified atom stereocenters. The molecule has 11 heavy (non-hydrogen) atoms. The van der Waals surface area contributed by atoms with Gasteiger partial charge in [-0.15, -0.1) is 0 Å². The van der Waals surface area contributed by atoms with Crippen LogP contribution in [-0.4, -0.2) is 31.7 Å². The molecular weight excluding hydrogens is 144 g/mol. The number of nitrogens with two attached hydrogens (primary N) is 1. The summed E-state index contributed by atoms with van der Waals surface area (Å²) in [5.41, 5.74) is 4.92. The first-order valence-corrected chi connectivity index (χ1v) is 3.58. The van der Waals surface area contributed by atoms with Crippen LogP contribution < -0.4 is 11.1 Å². The summed E-state index contributed by atoms with van der Waals surface area (Å²) in [5.74, 6) is -0.419. The maximum absolute atomic E-state index is 10.3. The molecule has 0 aromatic carbocycles. The monoisotopic (exact) mass is 156 g/mol. The van der Waals surface area contributed by atoms with Crippen LogP contribution in [0, 0.1) is 0 Å². The third kappa shape index (κ3) is 3.15. The molecule has 1 aliphatic rings. The first kappa shape index (κ1) is 8.23. The standard InChI is InChI=1S/C7H12N2O2/c8-7(10)2-1-6-5-11-4-3-9-6/h1-2,6,9H,3-5H2,(H2,8,10)/b2-1+. The molecule has 4 nitrogen and oxygen atoms in total. The van der Waals surface area contributed by atoms with E-state index in [1.54, 1.807) is 6.08 Å². The fourth-order valence-electron chi connectivity index (χ4n) is 0.920. The average molecular weight is 156 g/mol. The molecule has 0 spiro atoms. The molecule has 4 heteroatoms. The predicted octanol–water partition coefficient (Wildman–Crippen LogP) is -0.984. The summed E-state index contributed by atoms with van der Waals surface area (Å²) in [5, 5.41) is 3.15. The van der Waals surface area contributed by atoms with Crippen LogP contribution in [0.5, 0.6) is 0 Å². The Labute approximate surface area is 65.4 Å². The van der Waals surface area contributed by atoms with E-state index in [1.807, 2.05) is 0 Å². The number of hydrogen-bond donors (Lipinski definition) is 2. The highest BCUT2D eigenvalue weighted by Crippen LogP contribution is 1.93. The molecule has 3 N–H and O–H groups in total. The maximum Gasteiger partial charge on any atom is 0.241 e. The molecule has 0 aromatic heterocycles. The lowest BCUT2D eigenvalue weighted by Gasteiger charge is -2.20. The van der Waals surface area contributed by atoms with Crippen LogP contribution in [-0.2, 0) is 9.53 Å². The Hall–Kier alpha value is -0.870. The van der Waals surface area contributed by atoms with E-state index in [2.05, 4.69) is 5.32 Å². The Morgan fingerprint density at radius 1 is 1.73 bits per heavy atom. The minimum absolute atomic E-state index is 0.135. The zero-order valence-electron chi connectivity index (χ0n) is 6.25. The van der Waals surface area contributed by atoms with Gasteiger partial charge in [-0.1, -0.05) is 6.08 Å². The lowest BCUT2D eigenvalue weighted by atomic mass is 10.2. The van der Waals surface area contributed by atoms with Crippen LogP contribution in [0.15, 0.2) is 12.2 Å². The Morgan fingerprint density at radius 3 is 3.09 bits per heavy atom. The molecule has 1 amide bonds. The minimum Gasteiger partial charge on any atom is -0.378 e. The fourth-order valence-corrected chi connectivity index (χ4v) is 0.920. The lowest BCUT2D eigenvalue weighted by Crippen LogP contribution is -2.39. The van der Waals surface area contributed by atoms with E-state index in [9.17, 15) is 4.79 Å². The van der Waals surface area contributed by atoms with E-state index < -0.39 is 5.91 Å². The van der Waals surface area contributed by atoms with E-state index in [1.165, 1.54) is 6.08 Å². The first-order chi connectivity index (χ1) is 5.29. The maximum atomic E-state index is 10.3. The molecule has 0 aliphatic carbocycles. The van der Waals surface area contributed by atoms with Crippen LogP contribution in [0.3, 0.4) is 0 Å². The Morgan fingerprint density at radius 2 is 2.55 bits per heavy atom. The molecule has 62 valence electrons. The van der Waals surface area contributed by atoms with Gasteiger partial charge in [0.05, 0.1) is 13.2 Å². The van der Waals surface area contributed by atoms with Crippen molar-refractivity contribution in [2.45, 2.75) is 6.04 Å². The van der Waals surface area contributed by atoms with Crippen molar-refractivity contribution in [3.63, 3.8) is 0 Å². The van der Waals surface area contributed by atoms with Gasteiger partial charge in [0.1, 0.15) is 0 Å². The molecule has 0 saturated carbocycles. The third-order valence-electron chi connectivity index (χ3n) is 1.44. The van der Waals surface area contributed by atoms with E-state index >= 15 is 0 Å². The zero-order chi connectivity index (χ0) is 8.10. The van der Waals surface area contributed by atoms with Gasteiger partial charge in [0.2, 0.25) is 5.91 Å². The van der Waals surface area contributed by atoms with Crippen molar-refractivity contribution >= 4 is 5.91 Å². The SMILES string of the molecule is NC(=O)/C=C/C1COCCN1. The predicted molar refractivity (Wildman–Crippen MR) is 40.9 cm³/mol. The van der Waals surface area contributed by atoms with Crippen LogP contribution in [0.1, 0.15) is 0 Å². The van der Waals surface area contributed by atoms with Gasteiger partial charge in [-0.3, -0.25) is 4.79 Å². The number of rotatable bonds is 2. The molecule has 1 atom stereocenters. The van der Waals surface area contributed by atoms with Gasteiger partial charge in [-0.05, 0) is 0 Å². The van der Waals surface area contributed by atoms with Crippen molar-refractivity contribution in [3.8, 4) is 0 Å². The van der Waals surface area contributed by atoms with Gasteiger partial charge in [0.15, 0.2) is 0 Å². The lowest BCUT2D eigenvalue weighted by molar-refractivity contribution is -0.113. The molecule has 1 heterocycles. The Bertz CT molecular complexity index is 162.